The molecule has 0 atom stereocenters. The molecule has 4 heteroatoms. The summed E-state index contributed by atoms with van der Waals surface area (Å²) in [6.07, 6.45) is 2.08. The average Bonchev–Trinajstić information content (AvgIpc) is 3.02. The van der Waals surface area contributed by atoms with Gasteiger partial charge in [0.15, 0.2) is 11.6 Å². The molecule has 0 bridgehead atoms. The van der Waals surface area contributed by atoms with Gasteiger partial charge in [-0.15, -0.1) is 0 Å². The van der Waals surface area contributed by atoms with E-state index in [1.807, 2.05) is 0 Å². The summed E-state index contributed by atoms with van der Waals surface area (Å²) in [5.41, 5.74) is -0.337. The number of hydrogen-bond donors (Lipinski definition) is 0. The van der Waals surface area contributed by atoms with Gasteiger partial charge >= 0.3 is 5.97 Å². The third-order valence-corrected chi connectivity index (χ3v) is 2.32. The predicted octanol–water partition coefficient (Wildman–Crippen LogP) is 2.53. The highest BCUT2D eigenvalue weighted by Crippen LogP contribution is 2.29. The SMILES string of the molecule is O=C(OCC1CC1)c1cccc(F)c1F. The fraction of sp³-hybridized carbons (Fsp3) is 0.364. The van der Waals surface area contributed by atoms with Crippen molar-refractivity contribution in [2.24, 2.45) is 5.92 Å². The molecule has 0 heterocycles. The van der Waals surface area contributed by atoms with Gasteiger partial charge in [-0.25, -0.2) is 13.6 Å². The van der Waals surface area contributed by atoms with Gasteiger partial charge in [0, 0.05) is 0 Å². The van der Waals surface area contributed by atoms with Crippen LogP contribution in [0.5, 0.6) is 0 Å². The van der Waals surface area contributed by atoms with E-state index in [1.165, 1.54) is 12.1 Å². The summed E-state index contributed by atoms with van der Waals surface area (Å²) < 4.78 is 30.7. The van der Waals surface area contributed by atoms with Gasteiger partial charge in [-0.1, -0.05) is 6.07 Å². The van der Waals surface area contributed by atoms with Crippen molar-refractivity contribution in [3.63, 3.8) is 0 Å². The molecule has 0 unspecified atom stereocenters. The van der Waals surface area contributed by atoms with E-state index in [2.05, 4.69) is 0 Å². The van der Waals surface area contributed by atoms with E-state index in [-0.39, 0.29) is 5.56 Å². The number of hydrogen-bond acceptors (Lipinski definition) is 2. The van der Waals surface area contributed by atoms with Crippen LogP contribution in [0.4, 0.5) is 8.78 Å². The molecule has 2 nitrogen and oxygen atoms in total. The summed E-state index contributed by atoms with van der Waals surface area (Å²) in [5, 5.41) is 0. The molecule has 15 heavy (non-hydrogen) atoms. The molecule has 0 saturated heterocycles. The van der Waals surface area contributed by atoms with E-state index in [9.17, 15) is 13.6 Å². The third-order valence-electron chi connectivity index (χ3n) is 2.32. The van der Waals surface area contributed by atoms with Gasteiger partial charge in [0.1, 0.15) is 0 Å². The molecule has 1 fully saturated rings. The van der Waals surface area contributed by atoms with Crippen LogP contribution < -0.4 is 0 Å². The van der Waals surface area contributed by atoms with Crippen LogP contribution in [0.1, 0.15) is 23.2 Å². The van der Waals surface area contributed by atoms with Gasteiger partial charge in [0.25, 0.3) is 0 Å². The Balaban J connectivity index is 2.06. The standard InChI is InChI=1S/C11H10F2O2/c12-9-3-1-2-8(10(9)13)11(14)15-6-7-4-5-7/h1-3,7H,4-6H2. The quantitative estimate of drug-likeness (QED) is 0.719. The molecule has 0 spiro atoms. The Labute approximate surface area is 85.9 Å². The molecule has 0 aliphatic heterocycles. The molecular formula is C11H10F2O2. The first kappa shape index (κ1) is 10.1. The molecule has 0 amide bonds. The minimum Gasteiger partial charge on any atom is -0.462 e. The second-order valence-electron chi connectivity index (χ2n) is 3.64. The van der Waals surface area contributed by atoms with Gasteiger partial charge in [0.2, 0.25) is 0 Å². The Morgan fingerprint density at radius 3 is 2.80 bits per heavy atom. The smallest absolute Gasteiger partial charge is 0.341 e. The summed E-state index contributed by atoms with van der Waals surface area (Å²) in [5.74, 6) is -2.56. The lowest BCUT2D eigenvalue weighted by molar-refractivity contribution is 0.0479. The molecule has 2 rings (SSSR count). The molecule has 1 aromatic rings. The van der Waals surface area contributed by atoms with Gasteiger partial charge in [-0.3, -0.25) is 0 Å². The lowest BCUT2D eigenvalue weighted by Crippen LogP contribution is -2.10. The van der Waals surface area contributed by atoms with Crippen LogP contribution in [0.3, 0.4) is 0 Å². The van der Waals surface area contributed by atoms with Gasteiger partial charge in [-0.05, 0) is 30.9 Å². The lowest BCUT2D eigenvalue weighted by Gasteiger charge is -2.04. The van der Waals surface area contributed by atoms with E-state index >= 15 is 0 Å². The van der Waals surface area contributed by atoms with Gasteiger partial charge in [0.05, 0.1) is 12.2 Å². The van der Waals surface area contributed by atoms with E-state index in [0.29, 0.717) is 12.5 Å². The van der Waals surface area contributed by atoms with Crippen LogP contribution in [0.15, 0.2) is 18.2 Å². The Morgan fingerprint density at radius 1 is 1.40 bits per heavy atom. The zero-order valence-electron chi connectivity index (χ0n) is 8.00. The number of carbonyl (C=O) groups excluding carboxylic acids is 1. The minimum atomic E-state index is -1.14. The Hall–Kier alpha value is -1.45. The van der Waals surface area contributed by atoms with Crippen molar-refractivity contribution in [3.8, 4) is 0 Å². The number of halogens is 2. The van der Waals surface area contributed by atoms with Crippen molar-refractivity contribution >= 4 is 5.97 Å². The van der Waals surface area contributed by atoms with E-state index < -0.39 is 17.6 Å². The zero-order chi connectivity index (χ0) is 10.8. The molecule has 80 valence electrons. The van der Waals surface area contributed by atoms with E-state index in [4.69, 9.17) is 4.74 Å². The van der Waals surface area contributed by atoms with Crippen LogP contribution in [-0.2, 0) is 4.74 Å². The summed E-state index contributed by atoms with van der Waals surface area (Å²) in [4.78, 5) is 11.3. The van der Waals surface area contributed by atoms with E-state index in [1.54, 1.807) is 0 Å². The van der Waals surface area contributed by atoms with Crippen molar-refractivity contribution < 1.29 is 18.3 Å². The van der Waals surface area contributed by atoms with Crippen LogP contribution in [-0.4, -0.2) is 12.6 Å². The molecule has 1 saturated carbocycles. The summed E-state index contributed by atoms with van der Waals surface area (Å²) in [7, 11) is 0. The third kappa shape index (κ3) is 2.32. The monoisotopic (exact) mass is 212 g/mol. The van der Waals surface area contributed by atoms with Crippen LogP contribution in [0, 0.1) is 17.6 Å². The summed E-state index contributed by atoms with van der Waals surface area (Å²) in [6.45, 7) is 0.300. The highest BCUT2D eigenvalue weighted by molar-refractivity contribution is 5.89. The first-order chi connectivity index (χ1) is 7.18. The number of carbonyl (C=O) groups is 1. The molecule has 1 aliphatic rings. The predicted molar refractivity (Wildman–Crippen MR) is 49.4 cm³/mol. The Morgan fingerprint density at radius 2 is 2.13 bits per heavy atom. The minimum absolute atomic E-state index is 0.300. The van der Waals surface area contributed by atoms with E-state index in [0.717, 1.165) is 18.9 Å². The molecule has 0 radical (unpaired) electrons. The van der Waals surface area contributed by atoms with Crippen molar-refractivity contribution in [1.82, 2.24) is 0 Å². The first-order valence-electron chi connectivity index (χ1n) is 4.79. The number of esters is 1. The maximum Gasteiger partial charge on any atom is 0.341 e. The maximum absolute atomic E-state index is 13.1. The summed E-state index contributed by atoms with van der Waals surface area (Å²) in [6, 6.07) is 3.47. The molecule has 0 N–H and O–H groups in total. The Kier molecular flexibility index (Phi) is 2.66. The second kappa shape index (κ2) is 3.96. The topological polar surface area (TPSA) is 26.3 Å². The second-order valence-corrected chi connectivity index (χ2v) is 3.64. The molecular weight excluding hydrogens is 202 g/mol. The maximum atomic E-state index is 13.1. The normalized spacial score (nSPS) is 15.1. The summed E-state index contributed by atoms with van der Waals surface area (Å²) >= 11 is 0. The fourth-order valence-corrected chi connectivity index (χ4v) is 1.22. The van der Waals surface area contributed by atoms with Crippen molar-refractivity contribution in [2.75, 3.05) is 6.61 Å². The Bertz CT molecular complexity index is 386. The van der Waals surface area contributed by atoms with Crippen LogP contribution >= 0.6 is 0 Å². The highest BCUT2D eigenvalue weighted by Gasteiger charge is 2.24. The van der Waals surface area contributed by atoms with Crippen LogP contribution in [0.2, 0.25) is 0 Å². The lowest BCUT2D eigenvalue weighted by atomic mass is 10.2. The van der Waals surface area contributed by atoms with Gasteiger partial charge < -0.3 is 4.74 Å². The van der Waals surface area contributed by atoms with Gasteiger partial charge in [-0.2, -0.15) is 0 Å². The average molecular weight is 212 g/mol. The van der Waals surface area contributed by atoms with Crippen LogP contribution in [0.25, 0.3) is 0 Å². The largest absolute Gasteiger partial charge is 0.462 e. The van der Waals surface area contributed by atoms with Crippen molar-refractivity contribution in [2.45, 2.75) is 12.8 Å². The van der Waals surface area contributed by atoms with Crippen molar-refractivity contribution in [3.05, 3.63) is 35.4 Å². The number of ether oxygens (including phenoxy) is 1. The molecule has 1 aliphatic carbocycles. The molecule has 0 aromatic heterocycles. The number of benzene rings is 1. The fourth-order valence-electron chi connectivity index (χ4n) is 1.22. The number of rotatable bonds is 3. The van der Waals surface area contributed by atoms with Crippen molar-refractivity contribution in [1.29, 1.82) is 0 Å². The molecule has 1 aromatic carbocycles. The zero-order valence-corrected chi connectivity index (χ0v) is 8.00. The first-order valence-corrected chi connectivity index (χ1v) is 4.79. The highest BCUT2D eigenvalue weighted by atomic mass is 19.2.